The van der Waals surface area contributed by atoms with E-state index in [1.54, 1.807) is 19.2 Å². The zero-order valence-corrected chi connectivity index (χ0v) is 13.5. The van der Waals surface area contributed by atoms with E-state index in [0.717, 1.165) is 0 Å². The number of hydrogen-bond donors (Lipinski definition) is 1. The zero-order chi connectivity index (χ0) is 17.4. The predicted molar refractivity (Wildman–Crippen MR) is 88.4 cm³/mol. The summed E-state index contributed by atoms with van der Waals surface area (Å²) in [6.07, 6.45) is 0.160. The number of rotatable bonds is 1. The van der Waals surface area contributed by atoms with Crippen LogP contribution in [0.25, 0.3) is 11.0 Å². The van der Waals surface area contributed by atoms with Crippen molar-refractivity contribution < 1.29 is 5.11 Å². The highest BCUT2D eigenvalue weighted by molar-refractivity contribution is 5.92. The van der Waals surface area contributed by atoms with Gasteiger partial charge in [0.15, 0.2) is 0 Å². The molecule has 2 aromatic heterocycles. The molecule has 0 amide bonds. The largest absolute Gasteiger partial charge is 0.393 e. The molecule has 0 aromatic carbocycles. The van der Waals surface area contributed by atoms with Crippen LogP contribution >= 0.6 is 0 Å². The van der Waals surface area contributed by atoms with Gasteiger partial charge in [0.2, 0.25) is 0 Å². The van der Waals surface area contributed by atoms with E-state index < -0.39 is 6.10 Å². The number of pyridine rings is 2. The fraction of sp³-hybridized carbons (Fsp3) is 0.412. The third-order valence-corrected chi connectivity index (χ3v) is 4.62. The molecule has 0 bridgehead atoms. The Bertz CT molecular complexity index is 951. The number of anilines is 1. The van der Waals surface area contributed by atoms with Gasteiger partial charge in [0.05, 0.1) is 17.3 Å². The van der Waals surface area contributed by atoms with Gasteiger partial charge < -0.3 is 14.6 Å². The summed E-state index contributed by atoms with van der Waals surface area (Å²) in [5, 5.41) is 28.6. The highest BCUT2D eigenvalue weighted by Gasteiger charge is 2.29. The summed E-state index contributed by atoms with van der Waals surface area (Å²) >= 11 is 0. The molecule has 1 N–H and O–H groups in total. The van der Waals surface area contributed by atoms with E-state index in [-0.39, 0.29) is 22.7 Å². The molecule has 7 nitrogen and oxygen atoms in total. The van der Waals surface area contributed by atoms with Crippen LogP contribution in [0.15, 0.2) is 16.9 Å². The number of aryl methyl sites for hydroxylation is 1. The minimum Gasteiger partial charge on any atom is -0.393 e. The Morgan fingerprint density at radius 1 is 1.33 bits per heavy atom. The van der Waals surface area contributed by atoms with Crippen LogP contribution in [0.3, 0.4) is 0 Å². The Kier molecular flexibility index (Phi) is 3.96. The van der Waals surface area contributed by atoms with Gasteiger partial charge in [0.25, 0.3) is 5.56 Å². The smallest absolute Gasteiger partial charge is 0.270 e. The quantitative estimate of drug-likeness (QED) is 0.835. The van der Waals surface area contributed by atoms with Gasteiger partial charge in [-0.1, -0.05) is 6.92 Å². The number of fused-ring (bicyclic) bond motifs is 1. The van der Waals surface area contributed by atoms with E-state index in [1.165, 1.54) is 4.57 Å². The highest BCUT2D eigenvalue weighted by atomic mass is 16.3. The summed E-state index contributed by atoms with van der Waals surface area (Å²) in [7, 11) is 1.59. The monoisotopic (exact) mass is 323 g/mol. The maximum Gasteiger partial charge on any atom is 0.270 e. The van der Waals surface area contributed by atoms with E-state index in [9.17, 15) is 15.2 Å². The van der Waals surface area contributed by atoms with Gasteiger partial charge in [0, 0.05) is 20.1 Å². The molecule has 24 heavy (non-hydrogen) atoms. The molecular weight excluding hydrogens is 306 g/mol. The summed E-state index contributed by atoms with van der Waals surface area (Å²) in [4.78, 5) is 18.8. The van der Waals surface area contributed by atoms with Crippen LogP contribution in [-0.4, -0.2) is 33.9 Å². The molecule has 0 saturated carbocycles. The maximum atomic E-state index is 12.5. The van der Waals surface area contributed by atoms with Crippen molar-refractivity contribution >= 4 is 16.7 Å². The second-order valence-electron chi connectivity index (χ2n) is 6.15. The second-order valence-corrected chi connectivity index (χ2v) is 6.15. The van der Waals surface area contributed by atoms with Gasteiger partial charge in [-0.05, 0) is 24.5 Å². The standard InChI is InChI=1S/C17H17N5O2/c1-10-9-22(6-5-14(10)23)16-12(8-19)17(24)21(2)13-4-3-11(7-18)20-15(13)16/h3-4,10,14,23H,5-6,9H2,1-2H3/t10-,14+/m0/s1. The Labute approximate surface area is 139 Å². The number of hydrogen-bond acceptors (Lipinski definition) is 6. The molecular formula is C17H17N5O2. The number of aliphatic hydroxyl groups is 1. The number of nitrogens with zero attached hydrogens (tertiary/aromatic N) is 5. The fourth-order valence-electron chi connectivity index (χ4n) is 3.20. The van der Waals surface area contributed by atoms with Crippen LogP contribution in [0.4, 0.5) is 5.69 Å². The molecule has 3 heterocycles. The van der Waals surface area contributed by atoms with Crippen molar-refractivity contribution in [2.24, 2.45) is 13.0 Å². The van der Waals surface area contributed by atoms with Crippen molar-refractivity contribution in [3.05, 3.63) is 33.7 Å². The Hall–Kier alpha value is -2.90. The van der Waals surface area contributed by atoms with Gasteiger partial charge >= 0.3 is 0 Å². The third kappa shape index (κ3) is 2.40. The van der Waals surface area contributed by atoms with Gasteiger partial charge in [-0.3, -0.25) is 4.79 Å². The zero-order valence-electron chi connectivity index (χ0n) is 13.5. The first-order valence-corrected chi connectivity index (χ1v) is 7.75. The summed E-state index contributed by atoms with van der Waals surface area (Å²) in [5.41, 5.74) is 1.38. The summed E-state index contributed by atoms with van der Waals surface area (Å²) in [6.45, 7) is 2.98. The molecule has 0 spiro atoms. The summed E-state index contributed by atoms with van der Waals surface area (Å²) < 4.78 is 1.38. The minimum absolute atomic E-state index is 0.0172. The maximum absolute atomic E-state index is 12.5. The first-order valence-electron chi connectivity index (χ1n) is 7.75. The van der Waals surface area contributed by atoms with E-state index in [1.807, 2.05) is 24.0 Å². The molecule has 2 aromatic rings. The molecule has 2 atom stereocenters. The average molecular weight is 323 g/mol. The van der Waals surface area contributed by atoms with Crippen molar-refractivity contribution in [1.82, 2.24) is 9.55 Å². The predicted octanol–water partition coefficient (Wildman–Crippen LogP) is 0.884. The first-order chi connectivity index (χ1) is 11.5. The van der Waals surface area contributed by atoms with Crippen LogP contribution in [0.2, 0.25) is 0 Å². The Balaban J connectivity index is 2.32. The fourth-order valence-corrected chi connectivity index (χ4v) is 3.20. The molecule has 0 radical (unpaired) electrons. The van der Waals surface area contributed by atoms with Crippen LogP contribution in [0.1, 0.15) is 24.6 Å². The van der Waals surface area contributed by atoms with Gasteiger partial charge in [-0.25, -0.2) is 4.98 Å². The molecule has 122 valence electrons. The van der Waals surface area contributed by atoms with Gasteiger partial charge in [0.1, 0.15) is 28.9 Å². The molecule has 1 aliphatic rings. The van der Waals surface area contributed by atoms with Gasteiger partial charge in [-0.15, -0.1) is 0 Å². The van der Waals surface area contributed by atoms with Crippen molar-refractivity contribution in [1.29, 1.82) is 10.5 Å². The molecule has 1 saturated heterocycles. The van der Waals surface area contributed by atoms with E-state index in [0.29, 0.717) is 36.2 Å². The highest BCUT2D eigenvalue weighted by Crippen LogP contribution is 2.30. The van der Waals surface area contributed by atoms with Crippen molar-refractivity contribution in [2.45, 2.75) is 19.4 Å². The van der Waals surface area contributed by atoms with Crippen LogP contribution in [0, 0.1) is 28.6 Å². The molecule has 1 aliphatic heterocycles. The van der Waals surface area contributed by atoms with Crippen molar-refractivity contribution in [3.8, 4) is 12.1 Å². The number of aromatic nitrogens is 2. The minimum atomic E-state index is -0.396. The number of nitriles is 2. The van der Waals surface area contributed by atoms with Gasteiger partial charge in [-0.2, -0.15) is 10.5 Å². The van der Waals surface area contributed by atoms with Crippen LogP contribution in [0.5, 0.6) is 0 Å². The topological polar surface area (TPSA) is 106 Å². The number of piperidine rings is 1. The SMILES string of the molecule is C[C@H]1CN(c2c(C#N)c(=O)n(C)c3ccc(C#N)nc23)CC[C@H]1O. The van der Waals surface area contributed by atoms with Crippen molar-refractivity contribution in [2.75, 3.05) is 18.0 Å². The van der Waals surface area contributed by atoms with Crippen molar-refractivity contribution in [3.63, 3.8) is 0 Å². The van der Waals surface area contributed by atoms with E-state index in [4.69, 9.17) is 5.26 Å². The lowest BCUT2D eigenvalue weighted by Gasteiger charge is -2.36. The Morgan fingerprint density at radius 3 is 2.71 bits per heavy atom. The lowest BCUT2D eigenvalue weighted by molar-refractivity contribution is 0.0971. The summed E-state index contributed by atoms with van der Waals surface area (Å²) in [6, 6.07) is 7.23. The lowest BCUT2D eigenvalue weighted by atomic mass is 9.95. The number of aliphatic hydroxyl groups excluding tert-OH is 1. The van der Waals surface area contributed by atoms with E-state index >= 15 is 0 Å². The molecule has 3 rings (SSSR count). The Morgan fingerprint density at radius 2 is 2.08 bits per heavy atom. The molecule has 0 aliphatic carbocycles. The van der Waals surface area contributed by atoms with Crippen LogP contribution in [-0.2, 0) is 7.05 Å². The normalized spacial score (nSPS) is 20.6. The van der Waals surface area contributed by atoms with Crippen LogP contribution < -0.4 is 10.5 Å². The second kappa shape index (κ2) is 5.95. The molecule has 1 fully saturated rings. The summed E-state index contributed by atoms with van der Waals surface area (Å²) in [5.74, 6) is 0.0172. The average Bonchev–Trinajstić information content (AvgIpc) is 2.59. The molecule has 7 heteroatoms. The first kappa shape index (κ1) is 16.0. The molecule has 0 unspecified atom stereocenters. The van der Waals surface area contributed by atoms with E-state index in [2.05, 4.69) is 4.98 Å². The lowest BCUT2D eigenvalue weighted by Crippen LogP contribution is -2.43. The third-order valence-electron chi connectivity index (χ3n) is 4.62.